The minimum Gasteiger partial charge on any atom is -0.307 e. The highest BCUT2D eigenvalue weighted by Crippen LogP contribution is 1.98. The van der Waals surface area contributed by atoms with E-state index in [2.05, 4.69) is 45.3 Å². The zero-order valence-electron chi connectivity index (χ0n) is 18.1. The van der Waals surface area contributed by atoms with Crippen molar-refractivity contribution in [2.24, 2.45) is 15.0 Å². The molecule has 1 rings (SSSR count). The Bertz CT molecular complexity index is 606. The molecule has 0 aliphatic heterocycles. The molecule has 0 aliphatic rings. The van der Waals surface area contributed by atoms with Crippen molar-refractivity contribution in [3.8, 4) is 0 Å². The van der Waals surface area contributed by atoms with E-state index in [9.17, 15) is 0 Å². The van der Waals surface area contributed by atoms with Crippen LogP contribution in [0.25, 0.3) is 0 Å². The maximum Gasteiger partial charge on any atom is 1.00 e. The second kappa shape index (κ2) is 13.0. The summed E-state index contributed by atoms with van der Waals surface area (Å²) in [5, 5.41) is 7.91. The maximum absolute atomic E-state index is 4.92. The summed E-state index contributed by atoms with van der Waals surface area (Å²) in [4.78, 5) is 14.7. The Morgan fingerprint density at radius 3 is 1.24 bits per heavy atom. The fraction of sp³-hybridized carbons (Fsp3) is 0.750. The van der Waals surface area contributed by atoms with Crippen LogP contribution in [0, 0.1) is 0 Å². The van der Waals surface area contributed by atoms with Gasteiger partial charge in [0, 0.05) is 19.6 Å². The van der Waals surface area contributed by atoms with Crippen LogP contribution in [0.3, 0.4) is 0 Å². The van der Waals surface area contributed by atoms with E-state index >= 15 is 0 Å². The van der Waals surface area contributed by atoms with E-state index in [4.69, 9.17) is 15.0 Å². The lowest BCUT2D eigenvalue weighted by Gasteiger charge is -2.01. The molecule has 0 amide bonds. The molecule has 0 saturated carbocycles. The quantitative estimate of drug-likeness (QED) is 0.560. The Morgan fingerprint density at radius 2 is 0.920 bits per heavy atom. The lowest BCUT2D eigenvalue weighted by atomic mass is 10.3. The summed E-state index contributed by atoms with van der Waals surface area (Å²) in [6.45, 7) is 15.7. The van der Waals surface area contributed by atoms with E-state index in [0.29, 0.717) is 0 Å². The van der Waals surface area contributed by atoms with E-state index in [1.807, 2.05) is 0 Å². The van der Waals surface area contributed by atoms with Crippen LogP contribution < -0.4 is 26.7 Å². The van der Waals surface area contributed by atoms with Crippen LogP contribution in [0.2, 0.25) is 0 Å². The van der Waals surface area contributed by atoms with Crippen molar-refractivity contribution < 1.29 is 12.1 Å². The molecular formula is C20H40N5+3. The second-order valence-electron chi connectivity index (χ2n) is 6.50. The summed E-state index contributed by atoms with van der Waals surface area (Å²) < 4.78 is 0. The van der Waals surface area contributed by atoms with Crippen molar-refractivity contribution in [3.05, 3.63) is 16.1 Å². The fourth-order valence-electron chi connectivity index (χ4n) is 2.75. The molecule has 0 unspecified atom stereocenters. The fourth-order valence-corrected chi connectivity index (χ4v) is 2.75. The van der Waals surface area contributed by atoms with Crippen molar-refractivity contribution in [2.75, 3.05) is 32.7 Å². The molecule has 25 heavy (non-hydrogen) atoms. The predicted molar refractivity (Wildman–Crippen MR) is 106 cm³/mol. The van der Waals surface area contributed by atoms with Crippen LogP contribution in [-0.2, 0) is 0 Å². The van der Waals surface area contributed by atoms with Gasteiger partial charge < -0.3 is 10.6 Å². The van der Waals surface area contributed by atoms with Crippen molar-refractivity contribution in [3.63, 3.8) is 0 Å². The van der Waals surface area contributed by atoms with Gasteiger partial charge in [0.2, 0.25) is 11.4 Å². The summed E-state index contributed by atoms with van der Waals surface area (Å²) in [7, 11) is 0. The predicted octanol–water partition coefficient (Wildman–Crippen LogP) is 0.817. The van der Waals surface area contributed by atoms with Gasteiger partial charge in [-0.05, 0) is 32.1 Å². The van der Waals surface area contributed by atoms with Crippen LogP contribution in [0.5, 0.6) is 0 Å². The smallest absolute Gasteiger partial charge is 0.307 e. The van der Waals surface area contributed by atoms with E-state index in [1.54, 1.807) is 0 Å². The van der Waals surface area contributed by atoms with Crippen LogP contribution in [0.4, 0.5) is 11.4 Å². The van der Waals surface area contributed by atoms with Gasteiger partial charge in [-0.2, -0.15) is 0 Å². The molecule has 0 fully saturated rings. The zero-order chi connectivity index (χ0) is 18.5. The summed E-state index contributed by atoms with van der Waals surface area (Å²) in [5.41, 5.74) is 2.54. The van der Waals surface area contributed by atoms with Gasteiger partial charge >= 0.3 is 1.43 Å². The first-order valence-electron chi connectivity index (χ1n) is 10.3. The average Bonchev–Trinajstić information content (AvgIpc) is 2.90. The number of nitrogens with two attached hydrogens (primary N) is 2. The SMILES string of the molecule is CCCN=c1c([NH2+]CCC)c([NH2+]CCC)c(=NCCC)c1=NCCC.[H+]. The van der Waals surface area contributed by atoms with Gasteiger partial charge in [-0.15, -0.1) is 0 Å². The third-order valence-electron chi connectivity index (χ3n) is 4.00. The molecule has 0 spiro atoms. The molecule has 142 valence electrons. The average molecular weight is 351 g/mol. The Balaban J connectivity index is 0.00000625. The standard InChI is InChI=1S/C20H37N5/c1-6-11-21-16-17(22-12-7-2)19(24-14-9-4)20(25-15-10-5)18(16)23-13-8-3/h21-22H,6-15H2,1-5H3/p+3. The summed E-state index contributed by atoms with van der Waals surface area (Å²) in [6, 6.07) is 0. The first-order chi connectivity index (χ1) is 12.2. The van der Waals surface area contributed by atoms with Gasteiger partial charge in [0.1, 0.15) is 5.36 Å². The molecule has 0 heterocycles. The molecule has 0 bridgehead atoms. The minimum absolute atomic E-state index is 0. The maximum atomic E-state index is 4.92. The van der Waals surface area contributed by atoms with Crippen LogP contribution >= 0.6 is 0 Å². The van der Waals surface area contributed by atoms with Gasteiger partial charge in [-0.1, -0.05) is 34.6 Å². The van der Waals surface area contributed by atoms with Gasteiger partial charge in [0.25, 0.3) is 0 Å². The van der Waals surface area contributed by atoms with Gasteiger partial charge in [0.15, 0.2) is 10.7 Å². The Morgan fingerprint density at radius 1 is 0.560 bits per heavy atom. The minimum atomic E-state index is 0. The first kappa shape index (κ1) is 21.7. The molecule has 5 heteroatoms. The highest BCUT2D eigenvalue weighted by atomic mass is 15.0. The first-order valence-corrected chi connectivity index (χ1v) is 10.3. The summed E-state index contributed by atoms with van der Waals surface area (Å²) in [5.74, 6) is 0. The number of quaternary nitrogens is 2. The molecule has 1 aromatic rings. The van der Waals surface area contributed by atoms with Crippen LogP contribution in [-0.4, -0.2) is 32.7 Å². The van der Waals surface area contributed by atoms with Crippen molar-refractivity contribution in [2.45, 2.75) is 66.7 Å². The normalized spacial score (nSPS) is 13.0. The molecule has 5 nitrogen and oxygen atoms in total. The second-order valence-corrected chi connectivity index (χ2v) is 6.50. The lowest BCUT2D eigenvalue weighted by molar-refractivity contribution is -0.606. The molecular weight excluding hydrogens is 310 g/mol. The highest BCUT2D eigenvalue weighted by molar-refractivity contribution is 5.51. The number of nitrogens with zero attached hydrogens (tertiary/aromatic N) is 3. The van der Waals surface area contributed by atoms with Crippen LogP contribution in [0.15, 0.2) is 15.0 Å². The van der Waals surface area contributed by atoms with E-state index in [-0.39, 0.29) is 1.43 Å². The van der Waals surface area contributed by atoms with Crippen molar-refractivity contribution in [1.29, 1.82) is 0 Å². The third-order valence-corrected chi connectivity index (χ3v) is 4.00. The van der Waals surface area contributed by atoms with E-state index in [0.717, 1.165) is 80.9 Å². The van der Waals surface area contributed by atoms with Gasteiger partial charge in [-0.25, -0.2) is 0 Å². The molecule has 0 atom stereocenters. The topological polar surface area (TPSA) is 70.3 Å². The van der Waals surface area contributed by atoms with Crippen molar-refractivity contribution in [1.82, 2.24) is 0 Å². The Hall–Kier alpha value is -1.33. The van der Waals surface area contributed by atoms with Gasteiger partial charge in [-0.3, -0.25) is 15.0 Å². The largest absolute Gasteiger partial charge is 1.00 e. The van der Waals surface area contributed by atoms with Crippen molar-refractivity contribution >= 4 is 11.4 Å². The van der Waals surface area contributed by atoms with Crippen LogP contribution in [0.1, 0.15) is 68.1 Å². The zero-order valence-corrected chi connectivity index (χ0v) is 17.1. The number of hydrogen-bond donors (Lipinski definition) is 2. The lowest BCUT2D eigenvalue weighted by Crippen LogP contribution is -2.86. The number of hydrogen-bond acceptors (Lipinski definition) is 3. The summed E-state index contributed by atoms with van der Waals surface area (Å²) >= 11 is 0. The van der Waals surface area contributed by atoms with E-state index < -0.39 is 0 Å². The molecule has 4 N–H and O–H groups in total. The summed E-state index contributed by atoms with van der Waals surface area (Å²) in [6.07, 6.45) is 5.46. The highest BCUT2D eigenvalue weighted by Gasteiger charge is 2.22. The third kappa shape index (κ3) is 6.48. The Kier molecular flexibility index (Phi) is 11.2. The molecule has 1 aromatic carbocycles. The van der Waals surface area contributed by atoms with E-state index in [1.165, 1.54) is 11.4 Å². The molecule has 0 saturated heterocycles. The number of rotatable bonds is 12. The monoisotopic (exact) mass is 350 g/mol. The Labute approximate surface area is 154 Å². The molecule has 0 aromatic heterocycles. The molecule has 0 aliphatic carbocycles. The molecule has 0 radical (unpaired) electrons. The van der Waals surface area contributed by atoms with Gasteiger partial charge in [0.05, 0.1) is 13.1 Å².